The molecule has 2 saturated heterocycles. The highest BCUT2D eigenvalue weighted by Crippen LogP contribution is 2.21. The zero-order valence-corrected chi connectivity index (χ0v) is 21.1. The Hall–Kier alpha value is -1.49. The molecule has 0 bridgehead atoms. The second kappa shape index (κ2) is 13.9. The van der Waals surface area contributed by atoms with Crippen molar-refractivity contribution in [3.8, 4) is 0 Å². The summed E-state index contributed by atoms with van der Waals surface area (Å²) in [6.07, 6.45) is 2.43. The van der Waals surface area contributed by atoms with E-state index in [4.69, 9.17) is 0 Å². The predicted molar refractivity (Wildman–Crippen MR) is 135 cm³/mol. The first-order valence-corrected chi connectivity index (χ1v) is 11.3. The van der Waals surface area contributed by atoms with Gasteiger partial charge < -0.3 is 15.5 Å². The zero-order valence-electron chi connectivity index (χ0n) is 18.8. The van der Waals surface area contributed by atoms with E-state index in [1.807, 2.05) is 11.0 Å². The number of carbonyl (C=O) groups excluding carboxylic acids is 1. The van der Waals surface area contributed by atoms with Crippen molar-refractivity contribution < 1.29 is 13.6 Å². The molecule has 1 aromatic rings. The molecule has 2 aliphatic rings. The Labute approximate surface area is 207 Å². The van der Waals surface area contributed by atoms with E-state index < -0.39 is 6.43 Å². The van der Waals surface area contributed by atoms with Gasteiger partial charge in [0.25, 0.3) is 6.43 Å². The van der Waals surface area contributed by atoms with Crippen LogP contribution in [0.25, 0.3) is 0 Å². The smallest absolute Gasteiger partial charge is 0.251 e. The van der Waals surface area contributed by atoms with Gasteiger partial charge in [-0.15, -0.1) is 24.0 Å². The summed E-state index contributed by atoms with van der Waals surface area (Å²) < 4.78 is 25.0. The van der Waals surface area contributed by atoms with Crippen LogP contribution in [-0.4, -0.2) is 80.5 Å². The number of hydrogen-bond donors (Lipinski definition) is 2. The topological polar surface area (TPSA) is 60.0 Å². The molecule has 2 N–H and O–H groups in total. The number of nitrogens with one attached hydrogen (secondary N) is 2. The SMILES string of the molecule is CN=C(NCC(=O)N1CCC(Cc2ccccc2)CC1)NC1CCN(CC(F)F)CC1.I. The molecule has 2 aliphatic heterocycles. The maximum atomic E-state index is 12.6. The van der Waals surface area contributed by atoms with Gasteiger partial charge in [-0.05, 0) is 43.6 Å². The minimum absolute atomic E-state index is 0. The van der Waals surface area contributed by atoms with Crippen molar-refractivity contribution >= 4 is 35.8 Å². The maximum Gasteiger partial charge on any atom is 0.251 e. The van der Waals surface area contributed by atoms with Crippen LogP contribution >= 0.6 is 24.0 Å². The third-order valence-corrected chi connectivity index (χ3v) is 6.29. The lowest BCUT2D eigenvalue weighted by Crippen LogP contribution is -2.51. The van der Waals surface area contributed by atoms with E-state index in [1.54, 1.807) is 11.9 Å². The first kappa shape index (κ1) is 26.8. The molecule has 2 fully saturated rings. The number of nitrogens with zero attached hydrogens (tertiary/aromatic N) is 3. The monoisotopic (exact) mass is 563 g/mol. The highest BCUT2D eigenvalue weighted by Gasteiger charge is 2.24. The second-order valence-corrected chi connectivity index (χ2v) is 8.55. The van der Waals surface area contributed by atoms with Crippen molar-refractivity contribution in [1.29, 1.82) is 0 Å². The maximum absolute atomic E-state index is 12.6. The summed E-state index contributed by atoms with van der Waals surface area (Å²) in [5.74, 6) is 1.32. The Balaban J connectivity index is 0.00000363. The fraction of sp³-hybridized carbons (Fsp3) is 0.652. The van der Waals surface area contributed by atoms with Crippen molar-refractivity contribution in [1.82, 2.24) is 20.4 Å². The minimum atomic E-state index is -2.28. The van der Waals surface area contributed by atoms with Crippen LogP contribution < -0.4 is 10.6 Å². The molecule has 0 aromatic heterocycles. The molecule has 0 saturated carbocycles. The molecule has 9 heteroatoms. The first-order valence-electron chi connectivity index (χ1n) is 11.3. The Morgan fingerprint density at radius 3 is 2.34 bits per heavy atom. The van der Waals surface area contributed by atoms with Gasteiger partial charge in [-0.1, -0.05) is 30.3 Å². The quantitative estimate of drug-likeness (QED) is 0.305. The van der Waals surface area contributed by atoms with Crippen molar-refractivity contribution in [3.63, 3.8) is 0 Å². The van der Waals surface area contributed by atoms with Gasteiger partial charge in [0, 0.05) is 39.3 Å². The normalized spacial score (nSPS) is 19.0. The van der Waals surface area contributed by atoms with Gasteiger partial charge in [-0.3, -0.25) is 14.7 Å². The van der Waals surface area contributed by atoms with Crippen LogP contribution in [0.15, 0.2) is 35.3 Å². The van der Waals surface area contributed by atoms with Gasteiger partial charge in [-0.25, -0.2) is 8.78 Å². The van der Waals surface area contributed by atoms with E-state index in [1.165, 1.54) is 5.56 Å². The van der Waals surface area contributed by atoms with Crippen molar-refractivity contribution in [2.24, 2.45) is 10.9 Å². The first-order chi connectivity index (χ1) is 15.0. The molecule has 32 heavy (non-hydrogen) atoms. The number of carbonyl (C=O) groups is 1. The van der Waals surface area contributed by atoms with E-state index in [9.17, 15) is 13.6 Å². The number of guanidine groups is 1. The molecular weight excluding hydrogens is 527 g/mol. The van der Waals surface area contributed by atoms with Gasteiger partial charge in [0.05, 0.1) is 13.1 Å². The van der Waals surface area contributed by atoms with E-state index in [-0.39, 0.29) is 49.0 Å². The fourth-order valence-electron chi connectivity index (χ4n) is 4.45. The molecule has 3 rings (SSSR count). The van der Waals surface area contributed by atoms with E-state index in [0.29, 0.717) is 25.0 Å². The molecule has 0 spiro atoms. The van der Waals surface area contributed by atoms with Crippen LogP contribution in [0.5, 0.6) is 0 Å². The molecule has 0 unspecified atom stereocenters. The predicted octanol–water partition coefficient (Wildman–Crippen LogP) is 2.98. The van der Waals surface area contributed by atoms with Gasteiger partial charge in [-0.2, -0.15) is 0 Å². The third-order valence-electron chi connectivity index (χ3n) is 6.29. The molecule has 180 valence electrons. The molecule has 6 nitrogen and oxygen atoms in total. The standard InChI is InChI=1S/C23H35F2N5O.HI/c1-26-23(28-20-9-11-29(12-10-20)17-21(24)25)27-16-22(31)30-13-7-19(8-14-30)15-18-5-3-2-4-6-18;/h2-6,19-21H,7-17H2,1H3,(H2,26,27,28);1H. The number of hydrogen-bond acceptors (Lipinski definition) is 3. The summed E-state index contributed by atoms with van der Waals surface area (Å²) in [6.45, 7) is 2.95. The van der Waals surface area contributed by atoms with Crippen LogP contribution in [0.2, 0.25) is 0 Å². The fourth-order valence-corrected chi connectivity index (χ4v) is 4.45. The number of aliphatic imine (C=N–C) groups is 1. The van der Waals surface area contributed by atoms with E-state index in [0.717, 1.165) is 45.2 Å². The van der Waals surface area contributed by atoms with Crippen LogP contribution in [0.3, 0.4) is 0 Å². The third kappa shape index (κ3) is 8.80. The lowest BCUT2D eigenvalue weighted by molar-refractivity contribution is -0.131. The van der Waals surface area contributed by atoms with Crippen molar-refractivity contribution in [3.05, 3.63) is 35.9 Å². The summed E-state index contributed by atoms with van der Waals surface area (Å²) in [5, 5.41) is 6.45. The number of benzene rings is 1. The Kier molecular flexibility index (Phi) is 11.6. The number of amides is 1. The summed E-state index contributed by atoms with van der Waals surface area (Å²) in [5.41, 5.74) is 1.36. The van der Waals surface area contributed by atoms with Crippen LogP contribution in [-0.2, 0) is 11.2 Å². The van der Waals surface area contributed by atoms with Crippen LogP contribution in [0.4, 0.5) is 8.78 Å². The van der Waals surface area contributed by atoms with Gasteiger partial charge in [0.1, 0.15) is 0 Å². The van der Waals surface area contributed by atoms with Crippen LogP contribution in [0.1, 0.15) is 31.2 Å². The average molecular weight is 563 g/mol. The van der Waals surface area contributed by atoms with Gasteiger partial charge in [0.15, 0.2) is 5.96 Å². The Morgan fingerprint density at radius 1 is 1.09 bits per heavy atom. The lowest BCUT2D eigenvalue weighted by Gasteiger charge is -2.33. The number of piperidine rings is 2. The highest BCUT2D eigenvalue weighted by molar-refractivity contribution is 14.0. The average Bonchev–Trinajstić information content (AvgIpc) is 2.78. The lowest BCUT2D eigenvalue weighted by atomic mass is 9.90. The minimum Gasteiger partial charge on any atom is -0.354 e. The largest absolute Gasteiger partial charge is 0.354 e. The van der Waals surface area contributed by atoms with E-state index >= 15 is 0 Å². The van der Waals surface area contributed by atoms with Crippen molar-refractivity contribution in [2.75, 3.05) is 46.3 Å². The van der Waals surface area contributed by atoms with Crippen molar-refractivity contribution in [2.45, 2.75) is 44.6 Å². The molecule has 2 heterocycles. The number of alkyl halides is 2. The molecule has 1 aromatic carbocycles. The Morgan fingerprint density at radius 2 is 1.75 bits per heavy atom. The molecule has 1 amide bonds. The summed E-state index contributed by atoms with van der Waals surface area (Å²) >= 11 is 0. The molecule has 0 aliphatic carbocycles. The summed E-state index contributed by atoms with van der Waals surface area (Å²) in [4.78, 5) is 20.6. The second-order valence-electron chi connectivity index (χ2n) is 8.55. The molecule has 0 atom stereocenters. The molecule has 0 radical (unpaired) electrons. The molecular formula is C23H36F2IN5O. The number of rotatable bonds is 7. The van der Waals surface area contributed by atoms with E-state index in [2.05, 4.69) is 39.9 Å². The number of likely N-dealkylation sites (tertiary alicyclic amines) is 2. The van der Waals surface area contributed by atoms with Gasteiger partial charge >= 0.3 is 0 Å². The van der Waals surface area contributed by atoms with Gasteiger partial charge in [0.2, 0.25) is 5.91 Å². The zero-order chi connectivity index (χ0) is 22.1. The summed E-state index contributed by atoms with van der Waals surface area (Å²) in [6, 6.07) is 10.7. The van der Waals surface area contributed by atoms with Crippen LogP contribution in [0, 0.1) is 5.92 Å². The summed E-state index contributed by atoms with van der Waals surface area (Å²) in [7, 11) is 1.68. The Bertz CT molecular complexity index is 706. The highest BCUT2D eigenvalue weighted by atomic mass is 127. The number of halogens is 3.